The van der Waals surface area contributed by atoms with E-state index >= 15 is 0 Å². The molecule has 0 radical (unpaired) electrons. The highest BCUT2D eigenvalue weighted by molar-refractivity contribution is 5.26. The van der Waals surface area contributed by atoms with Gasteiger partial charge in [0.25, 0.3) is 0 Å². The molecule has 3 rings (SSSR count). The van der Waals surface area contributed by atoms with E-state index in [1.807, 2.05) is 0 Å². The summed E-state index contributed by atoms with van der Waals surface area (Å²) in [5, 5.41) is 4.05. The third kappa shape index (κ3) is 2.63. The van der Waals surface area contributed by atoms with Crippen LogP contribution in [0.25, 0.3) is 0 Å². The normalized spacial score (nSPS) is 28.1. The molecule has 0 N–H and O–H groups in total. The lowest BCUT2D eigenvalue weighted by Gasteiger charge is -2.30. The Bertz CT molecular complexity index is 421. The molecule has 4 nitrogen and oxygen atoms in total. The fourth-order valence-corrected chi connectivity index (χ4v) is 3.43. The first kappa shape index (κ1) is 12.9. The zero-order valence-electron chi connectivity index (χ0n) is 12.3. The molecule has 0 spiro atoms. The van der Waals surface area contributed by atoms with Gasteiger partial charge in [0, 0.05) is 19.0 Å². The molecule has 1 saturated heterocycles. The molecule has 2 atom stereocenters. The Kier molecular flexibility index (Phi) is 3.50. The van der Waals surface area contributed by atoms with Gasteiger partial charge in [0.2, 0.25) is 0 Å². The second-order valence-electron chi connectivity index (χ2n) is 6.48. The smallest absolute Gasteiger partial charge is 0.324 e. The van der Waals surface area contributed by atoms with Gasteiger partial charge in [-0.25, -0.2) is 0 Å². The van der Waals surface area contributed by atoms with E-state index in [2.05, 4.69) is 35.8 Å². The van der Waals surface area contributed by atoms with Gasteiger partial charge in [-0.15, -0.1) is 0 Å². The van der Waals surface area contributed by atoms with Crippen molar-refractivity contribution in [2.45, 2.75) is 52.4 Å². The first-order valence-electron chi connectivity index (χ1n) is 7.77. The van der Waals surface area contributed by atoms with Crippen molar-refractivity contribution in [2.24, 2.45) is 17.8 Å². The zero-order chi connectivity index (χ0) is 13.4. The third-order valence-corrected chi connectivity index (χ3v) is 4.86. The molecule has 1 aliphatic heterocycles. The van der Waals surface area contributed by atoms with Crippen LogP contribution in [0.1, 0.15) is 58.2 Å². The van der Waals surface area contributed by atoms with E-state index in [-0.39, 0.29) is 0 Å². The first-order chi connectivity index (χ1) is 9.19. The zero-order valence-corrected chi connectivity index (χ0v) is 12.3. The van der Waals surface area contributed by atoms with E-state index in [4.69, 9.17) is 4.52 Å². The standard InChI is InChI=1S/C15H25N3O/c1-4-11-9-13(11)12-5-7-18(8-6-12)15-16-14(10(2)3)17-19-15/h10-13H,4-9H2,1-3H3. The number of anilines is 1. The van der Waals surface area contributed by atoms with Crippen LogP contribution < -0.4 is 4.90 Å². The number of hydrogen-bond donors (Lipinski definition) is 0. The van der Waals surface area contributed by atoms with Crippen molar-refractivity contribution in [2.75, 3.05) is 18.0 Å². The molecule has 2 fully saturated rings. The summed E-state index contributed by atoms with van der Waals surface area (Å²) in [6.45, 7) is 8.68. The van der Waals surface area contributed by atoms with Crippen LogP contribution in [0, 0.1) is 17.8 Å². The topological polar surface area (TPSA) is 42.2 Å². The molecule has 0 bridgehead atoms. The summed E-state index contributed by atoms with van der Waals surface area (Å²) in [6, 6.07) is 0.727. The van der Waals surface area contributed by atoms with Crippen molar-refractivity contribution >= 4 is 6.01 Å². The van der Waals surface area contributed by atoms with Gasteiger partial charge in [0.15, 0.2) is 5.82 Å². The molecule has 1 aromatic rings. The molecule has 2 aliphatic rings. The van der Waals surface area contributed by atoms with Crippen LogP contribution in [-0.2, 0) is 0 Å². The monoisotopic (exact) mass is 263 g/mol. The Labute approximate surface area is 115 Å². The van der Waals surface area contributed by atoms with E-state index in [9.17, 15) is 0 Å². The average Bonchev–Trinajstić information content (AvgIpc) is 3.05. The third-order valence-electron chi connectivity index (χ3n) is 4.86. The fraction of sp³-hybridized carbons (Fsp3) is 0.867. The van der Waals surface area contributed by atoms with E-state index < -0.39 is 0 Å². The van der Waals surface area contributed by atoms with Gasteiger partial charge in [0.1, 0.15) is 0 Å². The minimum atomic E-state index is 0.340. The molecule has 2 unspecified atom stereocenters. The second-order valence-corrected chi connectivity index (χ2v) is 6.48. The molecular formula is C15H25N3O. The highest BCUT2D eigenvalue weighted by atomic mass is 16.5. The van der Waals surface area contributed by atoms with Gasteiger partial charge in [-0.05, 0) is 37.0 Å². The summed E-state index contributed by atoms with van der Waals surface area (Å²) in [4.78, 5) is 6.76. The lowest BCUT2D eigenvalue weighted by molar-refractivity contribution is 0.325. The van der Waals surface area contributed by atoms with Crippen molar-refractivity contribution in [1.82, 2.24) is 10.1 Å². The van der Waals surface area contributed by atoms with Crippen LogP contribution >= 0.6 is 0 Å². The minimum absolute atomic E-state index is 0.340. The molecule has 4 heteroatoms. The molecular weight excluding hydrogens is 238 g/mol. The van der Waals surface area contributed by atoms with Crippen LogP contribution in [0.2, 0.25) is 0 Å². The van der Waals surface area contributed by atoms with Crippen LogP contribution in [0.5, 0.6) is 0 Å². The summed E-state index contributed by atoms with van der Waals surface area (Å²) in [5.74, 6) is 4.14. The van der Waals surface area contributed by atoms with Crippen LogP contribution in [0.15, 0.2) is 4.52 Å². The molecule has 106 valence electrons. The second kappa shape index (κ2) is 5.14. The number of rotatable bonds is 4. The van der Waals surface area contributed by atoms with Crippen LogP contribution in [0.3, 0.4) is 0 Å². The lowest BCUT2D eigenvalue weighted by atomic mass is 9.91. The summed E-state index contributed by atoms with van der Waals surface area (Å²) in [6.07, 6.45) is 5.42. The average molecular weight is 263 g/mol. The summed E-state index contributed by atoms with van der Waals surface area (Å²) in [5.41, 5.74) is 0. The summed E-state index contributed by atoms with van der Waals surface area (Å²) < 4.78 is 5.38. The van der Waals surface area contributed by atoms with E-state index in [0.29, 0.717) is 5.92 Å². The van der Waals surface area contributed by atoms with Crippen molar-refractivity contribution in [3.8, 4) is 0 Å². The Hall–Kier alpha value is -1.06. The molecule has 0 amide bonds. The molecule has 2 heterocycles. The maximum Gasteiger partial charge on any atom is 0.324 e. The van der Waals surface area contributed by atoms with Gasteiger partial charge in [-0.1, -0.05) is 32.3 Å². The Balaban J connectivity index is 1.54. The van der Waals surface area contributed by atoms with Crippen molar-refractivity contribution in [3.63, 3.8) is 0 Å². The maximum atomic E-state index is 5.38. The Morgan fingerprint density at radius 2 is 2.05 bits per heavy atom. The predicted octanol–water partition coefficient (Wildman–Crippen LogP) is 3.46. The largest absolute Gasteiger partial charge is 0.324 e. The molecule has 19 heavy (non-hydrogen) atoms. The quantitative estimate of drug-likeness (QED) is 0.834. The van der Waals surface area contributed by atoms with Crippen LogP contribution in [0.4, 0.5) is 6.01 Å². The number of hydrogen-bond acceptors (Lipinski definition) is 4. The lowest BCUT2D eigenvalue weighted by Crippen LogP contribution is -2.34. The van der Waals surface area contributed by atoms with Gasteiger partial charge in [0.05, 0.1) is 0 Å². The molecule has 1 aliphatic carbocycles. The number of aromatic nitrogens is 2. The SMILES string of the molecule is CCC1CC1C1CCN(c2nc(C(C)C)no2)CC1. The first-order valence-corrected chi connectivity index (χ1v) is 7.77. The molecule has 0 aromatic carbocycles. The minimum Gasteiger partial charge on any atom is -0.324 e. The van der Waals surface area contributed by atoms with Crippen LogP contribution in [-0.4, -0.2) is 23.2 Å². The van der Waals surface area contributed by atoms with Gasteiger partial charge in [-0.3, -0.25) is 0 Å². The summed E-state index contributed by atoms with van der Waals surface area (Å²) in [7, 11) is 0. The maximum absolute atomic E-state index is 5.38. The highest BCUT2D eigenvalue weighted by Gasteiger charge is 2.42. The van der Waals surface area contributed by atoms with Crippen molar-refractivity contribution in [1.29, 1.82) is 0 Å². The fourth-order valence-electron chi connectivity index (χ4n) is 3.43. The number of nitrogens with zero attached hydrogens (tertiary/aromatic N) is 3. The van der Waals surface area contributed by atoms with Crippen molar-refractivity contribution in [3.05, 3.63) is 5.82 Å². The molecule has 1 saturated carbocycles. The van der Waals surface area contributed by atoms with Gasteiger partial charge >= 0.3 is 6.01 Å². The predicted molar refractivity (Wildman–Crippen MR) is 75.2 cm³/mol. The summed E-state index contributed by atoms with van der Waals surface area (Å²) >= 11 is 0. The van der Waals surface area contributed by atoms with E-state index in [1.54, 1.807) is 0 Å². The van der Waals surface area contributed by atoms with E-state index in [1.165, 1.54) is 25.7 Å². The Morgan fingerprint density at radius 1 is 1.32 bits per heavy atom. The highest BCUT2D eigenvalue weighted by Crippen LogP contribution is 2.49. The molecule has 1 aromatic heterocycles. The van der Waals surface area contributed by atoms with Crippen molar-refractivity contribution < 1.29 is 4.52 Å². The van der Waals surface area contributed by atoms with E-state index in [0.717, 1.165) is 42.7 Å². The van der Waals surface area contributed by atoms with Gasteiger partial charge < -0.3 is 9.42 Å². The van der Waals surface area contributed by atoms with Gasteiger partial charge in [-0.2, -0.15) is 4.98 Å². The number of piperidine rings is 1. The Morgan fingerprint density at radius 3 is 2.58 bits per heavy atom.